The van der Waals surface area contributed by atoms with E-state index in [-0.39, 0.29) is 5.60 Å². The van der Waals surface area contributed by atoms with Crippen LogP contribution in [-0.2, 0) is 6.42 Å². The molecule has 0 aliphatic carbocycles. The van der Waals surface area contributed by atoms with Crippen molar-refractivity contribution < 1.29 is 9.47 Å². The molecule has 0 bridgehead atoms. The molecule has 0 radical (unpaired) electrons. The van der Waals surface area contributed by atoms with Gasteiger partial charge in [-0.1, -0.05) is 6.58 Å². The average Bonchev–Trinajstić information content (AvgIpc) is 2.37. The van der Waals surface area contributed by atoms with Crippen molar-refractivity contribution in [3.63, 3.8) is 0 Å². The van der Waals surface area contributed by atoms with E-state index in [1.54, 1.807) is 7.11 Å². The summed E-state index contributed by atoms with van der Waals surface area (Å²) in [5.41, 5.74) is 4.60. The van der Waals surface area contributed by atoms with Crippen LogP contribution in [0.5, 0.6) is 11.5 Å². The van der Waals surface area contributed by atoms with Gasteiger partial charge in [-0.2, -0.15) is 0 Å². The fraction of sp³-hybridized carbons (Fsp3) is 0.500. The van der Waals surface area contributed by atoms with Crippen molar-refractivity contribution in [2.24, 2.45) is 0 Å². The molecule has 1 aromatic carbocycles. The first kappa shape index (κ1) is 13.0. The molecular weight excluding hydrogens is 224 g/mol. The normalized spacial score (nSPS) is 22.1. The standard InChI is InChI=1S/C16H22O2/c1-7-16(5)9-8-13-12(4)14(17-6)10(2)11(3)15(13)18-16/h7H,1,8-9H2,2-6H3/t16-/m1/s1. The third-order valence-electron chi connectivity index (χ3n) is 4.15. The molecule has 0 unspecified atom stereocenters. The van der Waals surface area contributed by atoms with E-state index in [4.69, 9.17) is 9.47 Å². The average molecular weight is 246 g/mol. The lowest BCUT2D eigenvalue weighted by atomic mass is 9.87. The van der Waals surface area contributed by atoms with E-state index in [1.165, 1.54) is 22.3 Å². The molecule has 18 heavy (non-hydrogen) atoms. The lowest BCUT2D eigenvalue weighted by Gasteiger charge is -2.36. The molecule has 1 atom stereocenters. The molecular formula is C16H22O2. The highest BCUT2D eigenvalue weighted by Crippen LogP contribution is 2.43. The molecule has 0 aromatic heterocycles. The zero-order chi connectivity index (χ0) is 13.5. The maximum atomic E-state index is 6.19. The van der Waals surface area contributed by atoms with Gasteiger partial charge in [-0.05, 0) is 63.3 Å². The summed E-state index contributed by atoms with van der Waals surface area (Å²) < 4.78 is 11.7. The third kappa shape index (κ3) is 1.80. The Bertz CT molecular complexity index is 503. The first-order valence-electron chi connectivity index (χ1n) is 6.42. The van der Waals surface area contributed by atoms with Crippen molar-refractivity contribution in [2.75, 3.05) is 7.11 Å². The Kier molecular flexibility index (Phi) is 3.14. The van der Waals surface area contributed by atoms with Gasteiger partial charge < -0.3 is 9.47 Å². The number of ether oxygens (including phenoxy) is 2. The largest absolute Gasteiger partial charge is 0.496 e. The quantitative estimate of drug-likeness (QED) is 0.737. The highest BCUT2D eigenvalue weighted by molar-refractivity contribution is 5.59. The van der Waals surface area contributed by atoms with Crippen molar-refractivity contribution in [3.05, 3.63) is 34.9 Å². The second kappa shape index (κ2) is 4.34. The highest BCUT2D eigenvalue weighted by atomic mass is 16.5. The highest BCUT2D eigenvalue weighted by Gasteiger charge is 2.32. The van der Waals surface area contributed by atoms with Crippen LogP contribution in [-0.4, -0.2) is 12.7 Å². The smallest absolute Gasteiger partial charge is 0.127 e. The number of hydrogen-bond acceptors (Lipinski definition) is 2. The van der Waals surface area contributed by atoms with Crippen molar-refractivity contribution in [3.8, 4) is 11.5 Å². The van der Waals surface area contributed by atoms with E-state index in [0.717, 1.165) is 24.3 Å². The molecule has 2 heteroatoms. The zero-order valence-corrected chi connectivity index (χ0v) is 12.0. The van der Waals surface area contributed by atoms with E-state index in [2.05, 4.69) is 34.3 Å². The monoisotopic (exact) mass is 246 g/mol. The molecule has 98 valence electrons. The van der Waals surface area contributed by atoms with Gasteiger partial charge in [-0.25, -0.2) is 0 Å². The van der Waals surface area contributed by atoms with Gasteiger partial charge in [0, 0.05) is 5.56 Å². The summed E-state index contributed by atoms with van der Waals surface area (Å²) in [6.45, 7) is 12.3. The van der Waals surface area contributed by atoms with Crippen molar-refractivity contribution in [1.82, 2.24) is 0 Å². The number of rotatable bonds is 2. The molecule has 1 heterocycles. The van der Waals surface area contributed by atoms with E-state index in [1.807, 2.05) is 6.08 Å². The summed E-state index contributed by atoms with van der Waals surface area (Å²) in [6.07, 6.45) is 3.89. The van der Waals surface area contributed by atoms with Crippen LogP contribution < -0.4 is 9.47 Å². The molecule has 0 saturated carbocycles. The maximum Gasteiger partial charge on any atom is 0.127 e. The van der Waals surface area contributed by atoms with Gasteiger partial charge in [0.15, 0.2) is 0 Å². The van der Waals surface area contributed by atoms with Crippen LogP contribution in [0.3, 0.4) is 0 Å². The van der Waals surface area contributed by atoms with E-state index < -0.39 is 0 Å². The zero-order valence-electron chi connectivity index (χ0n) is 12.0. The Balaban J connectivity index is 2.63. The third-order valence-corrected chi connectivity index (χ3v) is 4.15. The molecule has 0 N–H and O–H groups in total. The number of methoxy groups -OCH3 is 1. The molecule has 1 aromatic rings. The van der Waals surface area contributed by atoms with E-state index in [0.29, 0.717) is 0 Å². The van der Waals surface area contributed by atoms with Gasteiger partial charge in [0.05, 0.1) is 7.11 Å². The Hall–Kier alpha value is -1.44. The lowest BCUT2D eigenvalue weighted by molar-refractivity contribution is 0.113. The minimum Gasteiger partial charge on any atom is -0.496 e. The number of benzene rings is 1. The van der Waals surface area contributed by atoms with E-state index >= 15 is 0 Å². The minimum atomic E-state index is -0.245. The summed E-state index contributed by atoms with van der Waals surface area (Å²) in [4.78, 5) is 0. The minimum absolute atomic E-state index is 0.245. The Morgan fingerprint density at radius 2 is 1.89 bits per heavy atom. The van der Waals surface area contributed by atoms with Crippen LogP contribution in [0.1, 0.15) is 35.6 Å². The number of hydrogen-bond donors (Lipinski definition) is 0. The molecule has 1 aliphatic heterocycles. The van der Waals surface area contributed by atoms with Gasteiger partial charge >= 0.3 is 0 Å². The van der Waals surface area contributed by atoms with Crippen LogP contribution in [0.2, 0.25) is 0 Å². The van der Waals surface area contributed by atoms with Gasteiger partial charge in [-0.3, -0.25) is 0 Å². The Labute approximate surface area is 110 Å². The van der Waals surface area contributed by atoms with E-state index in [9.17, 15) is 0 Å². The van der Waals surface area contributed by atoms with Crippen LogP contribution in [0.4, 0.5) is 0 Å². The van der Waals surface area contributed by atoms with Crippen LogP contribution >= 0.6 is 0 Å². The summed E-state index contributed by atoms with van der Waals surface area (Å²) in [6, 6.07) is 0. The second-order valence-electron chi connectivity index (χ2n) is 5.33. The first-order valence-corrected chi connectivity index (χ1v) is 6.42. The summed E-state index contributed by atoms with van der Waals surface area (Å²) in [5, 5.41) is 0. The van der Waals surface area contributed by atoms with Crippen LogP contribution in [0.15, 0.2) is 12.7 Å². The molecule has 0 saturated heterocycles. The summed E-state index contributed by atoms with van der Waals surface area (Å²) >= 11 is 0. The van der Waals surface area contributed by atoms with Gasteiger partial charge in [0.2, 0.25) is 0 Å². The topological polar surface area (TPSA) is 18.5 Å². The van der Waals surface area contributed by atoms with Gasteiger partial charge in [0.1, 0.15) is 17.1 Å². The summed E-state index contributed by atoms with van der Waals surface area (Å²) in [5.74, 6) is 2.02. The van der Waals surface area contributed by atoms with Crippen molar-refractivity contribution >= 4 is 0 Å². The Morgan fingerprint density at radius 3 is 2.44 bits per heavy atom. The Morgan fingerprint density at radius 1 is 1.22 bits per heavy atom. The number of fused-ring (bicyclic) bond motifs is 1. The molecule has 2 rings (SSSR count). The molecule has 0 fully saturated rings. The molecule has 0 spiro atoms. The van der Waals surface area contributed by atoms with Crippen LogP contribution in [0.25, 0.3) is 0 Å². The van der Waals surface area contributed by atoms with Crippen molar-refractivity contribution in [1.29, 1.82) is 0 Å². The first-order chi connectivity index (χ1) is 8.43. The summed E-state index contributed by atoms with van der Waals surface area (Å²) in [7, 11) is 1.73. The van der Waals surface area contributed by atoms with Crippen molar-refractivity contribution in [2.45, 2.75) is 46.1 Å². The fourth-order valence-electron chi connectivity index (χ4n) is 2.70. The molecule has 0 amide bonds. The second-order valence-corrected chi connectivity index (χ2v) is 5.33. The maximum absolute atomic E-state index is 6.19. The fourth-order valence-corrected chi connectivity index (χ4v) is 2.70. The lowest BCUT2D eigenvalue weighted by Crippen LogP contribution is -2.34. The predicted octanol–water partition coefficient (Wildman–Crippen LogP) is 3.89. The predicted molar refractivity (Wildman–Crippen MR) is 74.8 cm³/mol. The van der Waals surface area contributed by atoms with Crippen LogP contribution in [0, 0.1) is 20.8 Å². The molecule has 2 nitrogen and oxygen atoms in total. The molecule has 1 aliphatic rings. The SMILES string of the molecule is C=C[C@]1(C)CCc2c(C)c(OC)c(C)c(C)c2O1. The van der Waals surface area contributed by atoms with Gasteiger partial charge in [-0.15, -0.1) is 0 Å². The van der Waals surface area contributed by atoms with Gasteiger partial charge in [0.25, 0.3) is 0 Å².